The molecular formula is C14H13N3O3. The molecule has 0 saturated carbocycles. The number of nitrogens with zero attached hydrogens (tertiary/aromatic N) is 1. The Morgan fingerprint density at radius 1 is 1.15 bits per heavy atom. The molecule has 0 unspecified atom stereocenters. The number of anilines is 2. The zero-order chi connectivity index (χ0) is 14.7. The van der Waals surface area contributed by atoms with Crippen molar-refractivity contribution in [1.29, 1.82) is 0 Å². The van der Waals surface area contributed by atoms with Crippen LogP contribution in [0.15, 0.2) is 36.4 Å². The predicted molar refractivity (Wildman–Crippen MR) is 74.2 cm³/mol. The van der Waals surface area contributed by atoms with Crippen LogP contribution in [0, 0.1) is 6.92 Å². The number of carbonyl (C=O) groups excluding carboxylic acids is 1. The van der Waals surface area contributed by atoms with E-state index in [2.05, 4.69) is 10.3 Å². The summed E-state index contributed by atoms with van der Waals surface area (Å²) in [4.78, 5) is 26.0. The highest BCUT2D eigenvalue weighted by molar-refractivity contribution is 5.93. The number of pyridine rings is 1. The summed E-state index contributed by atoms with van der Waals surface area (Å²) in [5.41, 5.74) is 6.89. The van der Waals surface area contributed by atoms with E-state index < -0.39 is 11.9 Å². The van der Waals surface area contributed by atoms with Gasteiger partial charge in [0.2, 0.25) is 5.91 Å². The third-order valence-electron chi connectivity index (χ3n) is 2.76. The Morgan fingerprint density at radius 2 is 1.80 bits per heavy atom. The molecule has 2 rings (SSSR count). The summed E-state index contributed by atoms with van der Waals surface area (Å²) in [6.45, 7) is 1.63. The second kappa shape index (κ2) is 5.40. The molecule has 0 aliphatic heterocycles. The molecule has 0 atom stereocenters. The molecule has 20 heavy (non-hydrogen) atoms. The van der Waals surface area contributed by atoms with Gasteiger partial charge in [-0.25, -0.2) is 9.78 Å². The van der Waals surface area contributed by atoms with E-state index in [1.165, 1.54) is 6.07 Å². The average Bonchev–Trinajstić information content (AvgIpc) is 2.39. The number of aromatic nitrogens is 1. The molecule has 0 aliphatic rings. The molecule has 0 aliphatic carbocycles. The van der Waals surface area contributed by atoms with Crippen LogP contribution < -0.4 is 11.1 Å². The number of hydrogen-bond donors (Lipinski definition) is 3. The van der Waals surface area contributed by atoms with Crippen molar-refractivity contribution in [2.75, 3.05) is 5.32 Å². The Bertz CT molecular complexity index is 666. The van der Waals surface area contributed by atoms with Crippen LogP contribution in [-0.4, -0.2) is 22.0 Å². The lowest BCUT2D eigenvalue weighted by Crippen LogP contribution is -2.10. The topological polar surface area (TPSA) is 105 Å². The first-order valence-corrected chi connectivity index (χ1v) is 5.85. The number of aryl methyl sites for hydroxylation is 1. The maximum absolute atomic E-state index is 11.0. The number of benzene rings is 1. The minimum Gasteiger partial charge on any atom is -0.478 e. The van der Waals surface area contributed by atoms with Crippen molar-refractivity contribution in [1.82, 2.24) is 4.98 Å². The first-order valence-electron chi connectivity index (χ1n) is 5.85. The number of nitrogens with one attached hydrogen (secondary N) is 1. The Kier molecular flexibility index (Phi) is 3.65. The van der Waals surface area contributed by atoms with Gasteiger partial charge >= 0.3 is 5.97 Å². The maximum atomic E-state index is 11.0. The molecule has 1 aromatic carbocycles. The molecule has 2 aromatic rings. The van der Waals surface area contributed by atoms with Crippen LogP contribution in [-0.2, 0) is 0 Å². The van der Waals surface area contributed by atoms with Gasteiger partial charge in [-0.1, -0.05) is 0 Å². The number of primary amides is 1. The van der Waals surface area contributed by atoms with E-state index in [1.54, 1.807) is 37.3 Å². The summed E-state index contributed by atoms with van der Waals surface area (Å²) in [7, 11) is 0. The van der Waals surface area contributed by atoms with Crippen molar-refractivity contribution in [2.45, 2.75) is 6.92 Å². The molecule has 0 bridgehead atoms. The molecule has 102 valence electrons. The Morgan fingerprint density at radius 3 is 2.30 bits per heavy atom. The number of hydrogen-bond acceptors (Lipinski definition) is 4. The van der Waals surface area contributed by atoms with E-state index >= 15 is 0 Å². The van der Waals surface area contributed by atoms with Gasteiger partial charge in [0.05, 0.1) is 11.3 Å². The summed E-state index contributed by atoms with van der Waals surface area (Å²) >= 11 is 0. The number of carboxylic acid groups (broad SMARTS) is 1. The summed E-state index contributed by atoms with van der Waals surface area (Å²) in [5, 5.41) is 11.9. The zero-order valence-corrected chi connectivity index (χ0v) is 10.8. The second-order valence-corrected chi connectivity index (χ2v) is 4.20. The van der Waals surface area contributed by atoms with Crippen molar-refractivity contribution in [3.05, 3.63) is 53.2 Å². The Labute approximate surface area is 115 Å². The van der Waals surface area contributed by atoms with Crippen LogP contribution >= 0.6 is 0 Å². The quantitative estimate of drug-likeness (QED) is 0.788. The van der Waals surface area contributed by atoms with Gasteiger partial charge in [-0.3, -0.25) is 4.79 Å². The number of carboxylic acids is 1. The number of carbonyl (C=O) groups is 2. The molecular weight excluding hydrogens is 258 g/mol. The highest BCUT2D eigenvalue weighted by Crippen LogP contribution is 2.17. The normalized spacial score (nSPS) is 10.1. The van der Waals surface area contributed by atoms with Crippen LogP contribution in [0.4, 0.5) is 11.5 Å². The molecule has 1 amide bonds. The fourth-order valence-corrected chi connectivity index (χ4v) is 1.72. The highest BCUT2D eigenvalue weighted by atomic mass is 16.4. The minimum atomic E-state index is -1.01. The van der Waals surface area contributed by atoms with Crippen molar-refractivity contribution < 1.29 is 14.7 Å². The van der Waals surface area contributed by atoms with Crippen LogP contribution in [0.3, 0.4) is 0 Å². The van der Waals surface area contributed by atoms with Crippen molar-refractivity contribution >= 4 is 23.4 Å². The van der Waals surface area contributed by atoms with Crippen LogP contribution in [0.5, 0.6) is 0 Å². The standard InChI is InChI=1S/C14H13N3O3/c1-8-11(14(19)20)6-7-12(16-8)17-10-4-2-9(3-5-10)13(15)18/h2-7H,1H3,(H2,15,18)(H,16,17)(H,19,20). The van der Waals surface area contributed by atoms with E-state index in [-0.39, 0.29) is 5.56 Å². The third-order valence-corrected chi connectivity index (χ3v) is 2.76. The number of aromatic carboxylic acids is 1. The van der Waals surface area contributed by atoms with Crippen molar-refractivity contribution in [3.8, 4) is 0 Å². The van der Waals surface area contributed by atoms with Gasteiger partial charge in [-0.05, 0) is 43.3 Å². The largest absolute Gasteiger partial charge is 0.478 e. The molecule has 1 aromatic heterocycles. The highest BCUT2D eigenvalue weighted by Gasteiger charge is 2.08. The van der Waals surface area contributed by atoms with E-state index in [9.17, 15) is 9.59 Å². The van der Waals surface area contributed by atoms with Gasteiger partial charge in [-0.2, -0.15) is 0 Å². The second-order valence-electron chi connectivity index (χ2n) is 4.20. The van der Waals surface area contributed by atoms with Gasteiger partial charge in [0, 0.05) is 11.3 Å². The summed E-state index contributed by atoms with van der Waals surface area (Å²) in [6.07, 6.45) is 0. The number of rotatable bonds is 4. The van der Waals surface area contributed by atoms with E-state index in [0.29, 0.717) is 17.1 Å². The van der Waals surface area contributed by atoms with Crippen molar-refractivity contribution in [3.63, 3.8) is 0 Å². The van der Waals surface area contributed by atoms with Crippen LogP contribution in [0.2, 0.25) is 0 Å². The molecule has 0 radical (unpaired) electrons. The van der Waals surface area contributed by atoms with Gasteiger partial charge in [0.1, 0.15) is 5.82 Å². The number of amides is 1. The smallest absolute Gasteiger partial charge is 0.337 e. The van der Waals surface area contributed by atoms with Gasteiger partial charge in [0.15, 0.2) is 0 Å². The zero-order valence-electron chi connectivity index (χ0n) is 10.8. The first-order chi connectivity index (χ1) is 9.47. The molecule has 0 spiro atoms. The predicted octanol–water partition coefficient (Wildman–Crippen LogP) is 1.93. The minimum absolute atomic E-state index is 0.166. The summed E-state index contributed by atoms with van der Waals surface area (Å²) in [5.74, 6) is -0.969. The first kappa shape index (κ1) is 13.5. The van der Waals surface area contributed by atoms with E-state index in [1.807, 2.05) is 0 Å². The van der Waals surface area contributed by atoms with Gasteiger partial charge in [-0.15, -0.1) is 0 Å². The summed E-state index contributed by atoms with van der Waals surface area (Å²) in [6, 6.07) is 9.67. The van der Waals surface area contributed by atoms with E-state index in [4.69, 9.17) is 10.8 Å². The van der Waals surface area contributed by atoms with Crippen molar-refractivity contribution in [2.24, 2.45) is 5.73 Å². The molecule has 4 N–H and O–H groups in total. The van der Waals surface area contributed by atoms with Gasteiger partial charge in [0.25, 0.3) is 0 Å². The lowest BCUT2D eigenvalue weighted by atomic mass is 10.2. The maximum Gasteiger partial charge on any atom is 0.337 e. The number of nitrogens with two attached hydrogens (primary N) is 1. The molecule has 6 nitrogen and oxygen atoms in total. The fourth-order valence-electron chi connectivity index (χ4n) is 1.72. The fraction of sp³-hybridized carbons (Fsp3) is 0.0714. The Balaban J connectivity index is 2.19. The average molecular weight is 271 g/mol. The molecule has 0 saturated heterocycles. The monoisotopic (exact) mass is 271 g/mol. The van der Waals surface area contributed by atoms with Crippen LogP contribution in [0.25, 0.3) is 0 Å². The molecule has 6 heteroatoms. The van der Waals surface area contributed by atoms with Crippen LogP contribution in [0.1, 0.15) is 26.4 Å². The SMILES string of the molecule is Cc1nc(Nc2ccc(C(N)=O)cc2)ccc1C(=O)O. The van der Waals surface area contributed by atoms with Gasteiger partial charge < -0.3 is 16.2 Å². The lowest BCUT2D eigenvalue weighted by molar-refractivity contribution is 0.0695. The van der Waals surface area contributed by atoms with E-state index in [0.717, 1.165) is 5.69 Å². The summed E-state index contributed by atoms with van der Waals surface area (Å²) < 4.78 is 0. The lowest BCUT2D eigenvalue weighted by Gasteiger charge is -2.08. The molecule has 0 fully saturated rings. The third kappa shape index (κ3) is 2.92. The molecule has 1 heterocycles. The Hall–Kier alpha value is -2.89.